The molecule has 1 N–H and O–H groups in total. The zero-order valence-electron chi connectivity index (χ0n) is 10.4. The van der Waals surface area contributed by atoms with E-state index in [0.29, 0.717) is 6.07 Å². The van der Waals surface area contributed by atoms with Crippen molar-refractivity contribution in [1.82, 2.24) is 0 Å². The smallest absolute Gasteiger partial charge is 0.379 e. The van der Waals surface area contributed by atoms with Gasteiger partial charge in [-0.25, -0.2) is 8.78 Å². The fraction of sp³-hybridized carbons (Fsp3) is 0.143. The van der Waals surface area contributed by atoms with Crippen LogP contribution in [0, 0.1) is 11.6 Å². The van der Waals surface area contributed by atoms with Gasteiger partial charge in [-0.15, -0.1) is 0 Å². The lowest BCUT2D eigenvalue weighted by atomic mass is 10.1. The fourth-order valence-corrected chi connectivity index (χ4v) is 1.95. The Hall–Kier alpha value is -1.82. The van der Waals surface area contributed by atoms with Gasteiger partial charge in [0.25, 0.3) is 0 Å². The maximum Gasteiger partial charge on any atom is 0.416 e. The Kier molecular flexibility index (Phi) is 4.37. The van der Waals surface area contributed by atoms with Crippen LogP contribution in [0.4, 0.5) is 27.6 Å². The van der Waals surface area contributed by atoms with E-state index in [9.17, 15) is 22.0 Å². The summed E-state index contributed by atoms with van der Waals surface area (Å²) in [5.74, 6) is -1.66. The molecular formula is C14H9ClF5N. The van der Waals surface area contributed by atoms with Crippen LogP contribution in [0.2, 0.25) is 5.02 Å². The highest BCUT2D eigenvalue weighted by molar-refractivity contribution is 6.30. The van der Waals surface area contributed by atoms with Crippen LogP contribution in [-0.2, 0) is 12.7 Å². The first-order valence-electron chi connectivity index (χ1n) is 5.82. The highest BCUT2D eigenvalue weighted by atomic mass is 35.5. The topological polar surface area (TPSA) is 12.0 Å². The van der Waals surface area contributed by atoms with E-state index in [1.165, 1.54) is 12.1 Å². The molecule has 0 saturated carbocycles. The molecule has 1 nitrogen and oxygen atoms in total. The van der Waals surface area contributed by atoms with Gasteiger partial charge in [0.1, 0.15) is 11.6 Å². The van der Waals surface area contributed by atoms with Crippen molar-refractivity contribution in [1.29, 1.82) is 0 Å². The van der Waals surface area contributed by atoms with Crippen LogP contribution in [0.5, 0.6) is 0 Å². The van der Waals surface area contributed by atoms with E-state index in [1.54, 1.807) is 0 Å². The monoisotopic (exact) mass is 321 g/mol. The molecule has 0 radical (unpaired) electrons. The number of rotatable bonds is 3. The molecule has 2 aromatic carbocycles. The molecule has 2 rings (SSSR count). The second-order valence-electron chi connectivity index (χ2n) is 4.28. The lowest BCUT2D eigenvalue weighted by molar-refractivity contribution is -0.138. The Morgan fingerprint density at radius 2 is 1.71 bits per heavy atom. The molecule has 7 heteroatoms. The Labute approximate surface area is 122 Å². The van der Waals surface area contributed by atoms with Crippen molar-refractivity contribution in [3.63, 3.8) is 0 Å². The molecule has 0 aromatic heterocycles. The maximum atomic E-state index is 13.5. The Morgan fingerprint density at radius 3 is 2.33 bits per heavy atom. The van der Waals surface area contributed by atoms with Crippen molar-refractivity contribution in [3.05, 3.63) is 64.2 Å². The molecule has 0 heterocycles. The van der Waals surface area contributed by atoms with Crippen molar-refractivity contribution in [2.45, 2.75) is 12.7 Å². The summed E-state index contributed by atoms with van der Waals surface area (Å²) in [6.07, 6.45) is -4.68. The number of nitrogens with one attached hydrogen (secondary N) is 1. The van der Waals surface area contributed by atoms with E-state index in [1.807, 2.05) is 0 Å². The van der Waals surface area contributed by atoms with Gasteiger partial charge >= 0.3 is 6.18 Å². The zero-order chi connectivity index (χ0) is 15.6. The summed E-state index contributed by atoms with van der Waals surface area (Å²) < 4.78 is 64.9. The molecule has 0 aliphatic rings. The van der Waals surface area contributed by atoms with E-state index in [-0.39, 0.29) is 22.8 Å². The summed E-state index contributed by atoms with van der Waals surface area (Å²) in [5, 5.41) is 2.71. The summed E-state index contributed by atoms with van der Waals surface area (Å²) in [6, 6.07) is 6.11. The van der Waals surface area contributed by atoms with Gasteiger partial charge in [0.2, 0.25) is 0 Å². The lowest BCUT2D eigenvalue weighted by Gasteiger charge is -2.14. The van der Waals surface area contributed by atoms with Crippen molar-refractivity contribution < 1.29 is 22.0 Å². The second kappa shape index (κ2) is 5.89. The standard InChI is InChI=1S/C14H9ClF5N/c15-9-2-4-13(12(17)5-9)21-7-8-1-3-10(16)6-11(8)14(18,19)20/h1-6,21H,7H2. The first-order valence-corrected chi connectivity index (χ1v) is 6.20. The Morgan fingerprint density at radius 1 is 1.00 bits per heavy atom. The van der Waals surface area contributed by atoms with Gasteiger partial charge in [-0.05, 0) is 35.9 Å². The number of hydrogen-bond acceptors (Lipinski definition) is 1. The molecule has 0 aliphatic heterocycles. The van der Waals surface area contributed by atoms with Crippen molar-refractivity contribution >= 4 is 17.3 Å². The Bertz CT molecular complexity index is 654. The quantitative estimate of drug-likeness (QED) is 0.761. The first kappa shape index (κ1) is 15.6. The van der Waals surface area contributed by atoms with Gasteiger partial charge in [-0.3, -0.25) is 0 Å². The zero-order valence-corrected chi connectivity index (χ0v) is 11.2. The van der Waals surface area contributed by atoms with Crippen LogP contribution < -0.4 is 5.32 Å². The van der Waals surface area contributed by atoms with Crippen LogP contribution in [0.1, 0.15) is 11.1 Å². The minimum absolute atomic E-state index is 0.0110. The van der Waals surface area contributed by atoms with Crippen LogP contribution in [0.3, 0.4) is 0 Å². The average molecular weight is 322 g/mol. The molecule has 0 saturated heterocycles. The normalized spacial score (nSPS) is 11.5. The van der Waals surface area contributed by atoms with Gasteiger partial charge < -0.3 is 5.32 Å². The molecule has 2 aromatic rings. The third kappa shape index (κ3) is 3.85. The largest absolute Gasteiger partial charge is 0.416 e. The summed E-state index contributed by atoms with van der Waals surface area (Å²) in [4.78, 5) is 0. The number of benzene rings is 2. The second-order valence-corrected chi connectivity index (χ2v) is 4.71. The minimum Gasteiger partial charge on any atom is -0.379 e. The molecule has 0 fully saturated rings. The third-order valence-electron chi connectivity index (χ3n) is 2.78. The molecule has 21 heavy (non-hydrogen) atoms. The van der Waals surface area contributed by atoms with Gasteiger partial charge in [-0.2, -0.15) is 13.2 Å². The van der Waals surface area contributed by atoms with Crippen LogP contribution in [-0.4, -0.2) is 0 Å². The highest BCUT2D eigenvalue weighted by Crippen LogP contribution is 2.33. The summed E-state index contributed by atoms with van der Waals surface area (Å²) in [6.45, 7) is -0.298. The van der Waals surface area contributed by atoms with E-state index in [2.05, 4.69) is 5.32 Å². The fourth-order valence-electron chi connectivity index (χ4n) is 1.79. The molecule has 0 spiro atoms. The predicted octanol–water partition coefficient (Wildman–Crippen LogP) is 5.25. The van der Waals surface area contributed by atoms with E-state index in [0.717, 1.165) is 18.2 Å². The van der Waals surface area contributed by atoms with Crippen LogP contribution >= 0.6 is 11.6 Å². The molecule has 0 atom stereocenters. The molecule has 0 aliphatic carbocycles. The van der Waals surface area contributed by atoms with Crippen molar-refractivity contribution in [2.75, 3.05) is 5.32 Å². The summed E-state index contributed by atoms with van der Waals surface area (Å²) >= 11 is 5.58. The first-order chi connectivity index (χ1) is 9.77. The summed E-state index contributed by atoms with van der Waals surface area (Å²) in [7, 11) is 0. The molecule has 112 valence electrons. The van der Waals surface area contributed by atoms with Crippen molar-refractivity contribution in [3.8, 4) is 0 Å². The molecular weight excluding hydrogens is 313 g/mol. The maximum absolute atomic E-state index is 13.5. The van der Waals surface area contributed by atoms with E-state index >= 15 is 0 Å². The molecule has 0 bridgehead atoms. The SMILES string of the molecule is Fc1ccc(CNc2ccc(Cl)cc2F)c(C(F)(F)F)c1. The third-order valence-corrected chi connectivity index (χ3v) is 3.01. The van der Waals surface area contributed by atoms with E-state index in [4.69, 9.17) is 11.6 Å². The van der Waals surface area contributed by atoms with Gasteiger partial charge in [0, 0.05) is 11.6 Å². The molecule has 0 amide bonds. The number of alkyl halides is 3. The molecule has 0 unspecified atom stereocenters. The Balaban J connectivity index is 2.24. The predicted molar refractivity (Wildman–Crippen MR) is 70.1 cm³/mol. The van der Waals surface area contributed by atoms with Gasteiger partial charge in [0.05, 0.1) is 11.3 Å². The minimum atomic E-state index is -4.68. The lowest BCUT2D eigenvalue weighted by Crippen LogP contribution is -2.12. The summed E-state index contributed by atoms with van der Waals surface area (Å²) in [5.41, 5.74) is -1.26. The number of halogens is 6. The van der Waals surface area contributed by atoms with Gasteiger partial charge in [-0.1, -0.05) is 17.7 Å². The number of hydrogen-bond donors (Lipinski definition) is 1. The van der Waals surface area contributed by atoms with Gasteiger partial charge in [0.15, 0.2) is 0 Å². The number of anilines is 1. The average Bonchev–Trinajstić information content (AvgIpc) is 2.38. The van der Waals surface area contributed by atoms with Crippen molar-refractivity contribution in [2.24, 2.45) is 0 Å². The van der Waals surface area contributed by atoms with E-state index < -0.39 is 23.4 Å². The highest BCUT2D eigenvalue weighted by Gasteiger charge is 2.33. The van der Waals surface area contributed by atoms with Crippen LogP contribution in [0.25, 0.3) is 0 Å². The van der Waals surface area contributed by atoms with Crippen LogP contribution in [0.15, 0.2) is 36.4 Å².